The molecule has 296 valence electrons. The van der Waals surface area contributed by atoms with Gasteiger partial charge in [-0.15, -0.1) is 6.58 Å². The zero-order chi connectivity index (χ0) is 39.9. The van der Waals surface area contributed by atoms with Gasteiger partial charge >= 0.3 is 6.09 Å². The molecule has 4 amide bonds. The number of pyridine rings is 1. The lowest BCUT2D eigenvalue weighted by Gasteiger charge is -2.31. The summed E-state index contributed by atoms with van der Waals surface area (Å²) < 4.78 is 34.3. The fourth-order valence-corrected chi connectivity index (χ4v) is 8.93. The molecule has 5 aliphatic rings. The normalized spacial score (nSPS) is 26.2. The molecule has 3 N–H and O–H groups in total. The van der Waals surface area contributed by atoms with Crippen molar-refractivity contribution in [2.45, 2.75) is 74.9 Å². The summed E-state index contributed by atoms with van der Waals surface area (Å²) >= 11 is 0. The third kappa shape index (κ3) is 7.51. The van der Waals surface area contributed by atoms with Crippen molar-refractivity contribution in [1.29, 1.82) is 0 Å². The van der Waals surface area contributed by atoms with Crippen LogP contribution in [0.3, 0.4) is 0 Å². The molecule has 2 unspecified atom stereocenters. The quantitative estimate of drug-likeness (QED) is 0.283. The van der Waals surface area contributed by atoms with Crippen molar-refractivity contribution < 1.29 is 32.3 Å². The summed E-state index contributed by atoms with van der Waals surface area (Å²) in [7, 11) is -2.09. The van der Waals surface area contributed by atoms with Gasteiger partial charge in [0, 0.05) is 44.1 Å². The summed E-state index contributed by atoms with van der Waals surface area (Å²) in [4.78, 5) is 77.8. The summed E-state index contributed by atoms with van der Waals surface area (Å²) in [6.45, 7) is 7.55. The average molecular weight is 787 g/mol. The van der Waals surface area contributed by atoms with Crippen LogP contribution in [0, 0.1) is 11.8 Å². The van der Waals surface area contributed by atoms with Crippen molar-refractivity contribution in [3.63, 3.8) is 0 Å². The van der Waals surface area contributed by atoms with Crippen LogP contribution in [0.5, 0.6) is 0 Å². The number of alkyl carbamates (subject to hydrolysis) is 1. The highest BCUT2D eigenvalue weighted by atomic mass is 32.2. The third-order valence-corrected chi connectivity index (χ3v) is 12.9. The van der Waals surface area contributed by atoms with Crippen molar-refractivity contribution in [3.8, 4) is 11.1 Å². The molecule has 2 saturated carbocycles. The van der Waals surface area contributed by atoms with E-state index in [1.54, 1.807) is 32.3 Å². The van der Waals surface area contributed by atoms with Crippen LogP contribution in [-0.2, 0) is 29.1 Å². The van der Waals surface area contributed by atoms with E-state index >= 15 is 0 Å². The van der Waals surface area contributed by atoms with Gasteiger partial charge in [-0.25, -0.2) is 17.9 Å². The molecule has 3 aliphatic heterocycles. The number of fused-ring (bicyclic) bond motifs is 12. The number of aromatic nitrogens is 3. The zero-order valence-corrected chi connectivity index (χ0v) is 32.3. The van der Waals surface area contributed by atoms with Gasteiger partial charge < -0.3 is 25.2 Å². The van der Waals surface area contributed by atoms with Gasteiger partial charge in [-0.1, -0.05) is 50.3 Å². The molecular weight excluding hydrogens is 741 g/mol. The van der Waals surface area contributed by atoms with Crippen molar-refractivity contribution in [2.75, 3.05) is 31.6 Å². The van der Waals surface area contributed by atoms with Crippen molar-refractivity contribution in [1.82, 2.24) is 35.0 Å². The Labute approximate surface area is 324 Å². The molecular formula is C39H46N8O8S. The lowest BCUT2D eigenvalue weighted by molar-refractivity contribution is -0.141. The second-order valence-electron chi connectivity index (χ2n) is 15.3. The van der Waals surface area contributed by atoms with Crippen LogP contribution in [0.2, 0.25) is 0 Å². The van der Waals surface area contributed by atoms with E-state index in [1.165, 1.54) is 15.7 Å². The van der Waals surface area contributed by atoms with Crippen LogP contribution in [-0.4, -0.2) is 102 Å². The van der Waals surface area contributed by atoms with Crippen LogP contribution in [0.15, 0.2) is 72.3 Å². The van der Waals surface area contributed by atoms with Crippen LogP contribution < -0.4 is 25.8 Å². The number of amides is 4. The summed E-state index contributed by atoms with van der Waals surface area (Å²) in [5.74, 6) is -3.21. The summed E-state index contributed by atoms with van der Waals surface area (Å²) in [6, 6.07) is 6.17. The summed E-state index contributed by atoms with van der Waals surface area (Å²) in [5.41, 5.74) is 0.170. The number of hydrogen-bond donors (Lipinski definition) is 3. The van der Waals surface area contributed by atoms with E-state index in [0.717, 1.165) is 5.39 Å². The Morgan fingerprint density at radius 3 is 2.64 bits per heavy atom. The number of nitrogens with one attached hydrogen (secondary N) is 3. The molecule has 1 aromatic carbocycles. The number of sulfonamides is 1. The monoisotopic (exact) mass is 786 g/mol. The molecule has 5 heterocycles. The lowest BCUT2D eigenvalue weighted by atomic mass is 10.0. The molecule has 0 spiro atoms. The Morgan fingerprint density at radius 2 is 1.93 bits per heavy atom. The Bertz CT molecular complexity index is 2290. The first kappa shape index (κ1) is 38.7. The maximum Gasteiger partial charge on any atom is 0.408 e. The SMILES string of the molecule is C=CC1CC1(NC(=O)[C@@H]1C[C@@H]2CN1C(=O)[C@H](C(C)C)NC(=O)OC/C=C/CCN(C)c1cnn2c(=O)c1-c1ccc2cccnc2c1)C(=O)NS(=O)(=O)C1CC1. The van der Waals surface area contributed by atoms with Crippen molar-refractivity contribution in [3.05, 3.63) is 77.9 Å². The number of anilines is 1. The second-order valence-corrected chi connectivity index (χ2v) is 17.3. The first-order valence-electron chi connectivity index (χ1n) is 18.8. The predicted molar refractivity (Wildman–Crippen MR) is 208 cm³/mol. The van der Waals surface area contributed by atoms with Gasteiger partial charge in [0.05, 0.1) is 34.3 Å². The number of nitrogens with zero attached hydrogens (tertiary/aromatic N) is 5. The Morgan fingerprint density at radius 1 is 1.14 bits per heavy atom. The maximum atomic E-state index is 14.7. The number of carbonyl (C=O) groups is 4. The van der Waals surface area contributed by atoms with Crippen LogP contribution in [0.4, 0.5) is 10.5 Å². The van der Waals surface area contributed by atoms with Gasteiger partial charge in [-0.3, -0.25) is 28.9 Å². The fraction of sp³-hybridized carbons (Fsp3) is 0.462. The molecule has 56 heavy (non-hydrogen) atoms. The smallest absolute Gasteiger partial charge is 0.408 e. The van der Waals surface area contributed by atoms with Crippen molar-refractivity contribution in [2.24, 2.45) is 11.8 Å². The van der Waals surface area contributed by atoms with Crippen LogP contribution >= 0.6 is 0 Å². The number of rotatable bonds is 8. The molecule has 2 aromatic heterocycles. The standard InChI is InChI=1S/C39H46N8O8S/c1-5-26-20-39(26,37(51)44-56(53,54)28-13-14-28)43-34(48)30-19-27-22-46(30)36(50)33(23(2)3)42-38(52)55-17-8-6-7-16-45(4)31-21-41-47(27)35(49)32(31)25-12-11-24-10-9-15-40-29(24)18-25/h5-6,8-12,15,18,21,23,26-28,30,33H,1,7,13-14,16-17,19-20,22H2,2-4H3,(H,42,52)(H,43,48)(H,44,51)/b8-6+/t26?,27-,30+,33+,39?/m1/s1. The van der Waals surface area contributed by atoms with Crippen LogP contribution in [0.1, 0.15) is 52.0 Å². The molecule has 1 saturated heterocycles. The Balaban J connectivity index is 1.29. The predicted octanol–water partition coefficient (Wildman–Crippen LogP) is 2.42. The van der Waals surface area contributed by atoms with Crippen LogP contribution in [0.25, 0.3) is 22.0 Å². The van der Waals surface area contributed by atoms with Gasteiger partial charge in [0.15, 0.2) is 0 Å². The molecule has 4 bridgehead atoms. The van der Waals surface area contributed by atoms with Gasteiger partial charge in [0.2, 0.25) is 21.8 Å². The second kappa shape index (κ2) is 15.2. The van der Waals surface area contributed by atoms with Gasteiger partial charge in [0.1, 0.15) is 24.2 Å². The van der Waals surface area contributed by atoms with E-state index in [2.05, 4.69) is 32.0 Å². The van der Waals surface area contributed by atoms with Crippen molar-refractivity contribution >= 4 is 50.4 Å². The minimum Gasteiger partial charge on any atom is -0.445 e. The number of carbonyl (C=O) groups excluding carboxylic acids is 4. The van der Waals surface area contributed by atoms with E-state index in [1.807, 2.05) is 48.4 Å². The Kier molecular flexibility index (Phi) is 10.5. The molecule has 0 radical (unpaired) electrons. The highest BCUT2D eigenvalue weighted by molar-refractivity contribution is 7.91. The molecule has 3 fully saturated rings. The van der Waals surface area contributed by atoms with Gasteiger partial charge in [-0.05, 0) is 49.3 Å². The molecule has 17 heteroatoms. The highest BCUT2D eigenvalue weighted by Gasteiger charge is 2.62. The van der Waals surface area contributed by atoms with Gasteiger partial charge in [0.25, 0.3) is 11.5 Å². The highest BCUT2D eigenvalue weighted by Crippen LogP contribution is 2.46. The van der Waals surface area contributed by atoms with E-state index in [4.69, 9.17) is 4.74 Å². The number of ether oxygens (including phenoxy) is 1. The largest absolute Gasteiger partial charge is 0.445 e. The summed E-state index contributed by atoms with van der Waals surface area (Å²) in [6.07, 6.45) is 8.95. The molecule has 8 rings (SSSR count). The van der Waals surface area contributed by atoms with E-state index < -0.39 is 80.1 Å². The summed E-state index contributed by atoms with van der Waals surface area (Å²) in [5, 5.41) is 10.3. The third-order valence-electron chi connectivity index (χ3n) is 11.1. The molecule has 5 atom stereocenters. The first-order chi connectivity index (χ1) is 26.7. The number of benzene rings is 1. The Hall–Kier alpha value is -5.58. The zero-order valence-electron chi connectivity index (χ0n) is 31.5. The molecule has 2 aliphatic carbocycles. The van der Waals surface area contributed by atoms with E-state index in [9.17, 15) is 32.4 Å². The minimum atomic E-state index is -3.94. The van der Waals surface area contributed by atoms with Gasteiger partial charge in [-0.2, -0.15) is 5.10 Å². The first-order valence-corrected chi connectivity index (χ1v) is 20.4. The fourth-order valence-electron chi connectivity index (χ4n) is 7.56. The lowest BCUT2D eigenvalue weighted by Crippen LogP contribution is -2.59. The maximum absolute atomic E-state index is 14.7. The minimum absolute atomic E-state index is 0.0522. The molecule has 3 aromatic rings. The topological polar surface area (TPSA) is 202 Å². The van der Waals surface area contributed by atoms with E-state index in [-0.39, 0.29) is 26.0 Å². The number of hydrogen-bond acceptors (Lipinski definition) is 11. The molecule has 16 nitrogen and oxygen atoms in total. The average Bonchev–Trinajstić information content (AvgIpc) is 4.10. The van der Waals surface area contributed by atoms with E-state index in [0.29, 0.717) is 48.1 Å².